The molecule has 0 saturated carbocycles. The van der Waals surface area contributed by atoms with Gasteiger partial charge in [-0.25, -0.2) is 4.39 Å². The van der Waals surface area contributed by atoms with Gasteiger partial charge in [0.05, 0.1) is 0 Å². The molecule has 0 N–H and O–H groups in total. The molecule has 0 aliphatic rings. The minimum absolute atomic E-state index is 0.103. The molecule has 0 spiro atoms. The first kappa shape index (κ1) is 9.97. The van der Waals surface area contributed by atoms with E-state index in [1.807, 2.05) is 18.2 Å². The van der Waals surface area contributed by atoms with E-state index in [1.54, 1.807) is 18.2 Å². The van der Waals surface area contributed by atoms with Crippen LogP contribution in [-0.4, -0.2) is 0 Å². The number of unbranched alkanes of at least 4 members (excludes halogenated alkanes) is 2. The fraction of sp³-hybridized carbons (Fsp3) is 0.333. The lowest BCUT2D eigenvalue weighted by atomic mass is 10.1. The van der Waals surface area contributed by atoms with Gasteiger partial charge in [-0.1, -0.05) is 43.7 Å². The van der Waals surface area contributed by atoms with Crippen LogP contribution in [-0.2, 0) is 0 Å². The SMILES string of the molecule is CCCC/C=C(\F)c1ccccc1. The molecule has 0 unspecified atom stereocenters. The molecule has 0 fully saturated rings. The summed E-state index contributed by atoms with van der Waals surface area (Å²) in [7, 11) is 0. The second kappa shape index (κ2) is 5.52. The standard InChI is InChI=1S/C12H15F/c1-2-3-5-10-12(13)11-8-6-4-7-9-11/h4,6-10H,2-3,5H2,1H3/b12-10-. The fourth-order valence-corrected chi connectivity index (χ4v) is 1.15. The van der Waals surface area contributed by atoms with Crippen molar-refractivity contribution in [2.45, 2.75) is 26.2 Å². The van der Waals surface area contributed by atoms with Gasteiger partial charge in [-0.2, -0.15) is 0 Å². The lowest BCUT2D eigenvalue weighted by Gasteiger charge is -1.96. The van der Waals surface area contributed by atoms with Crippen LogP contribution in [0, 0.1) is 0 Å². The molecule has 1 aromatic rings. The molecule has 0 heterocycles. The molecule has 0 aliphatic carbocycles. The molecular weight excluding hydrogens is 163 g/mol. The lowest BCUT2D eigenvalue weighted by molar-refractivity contribution is 0.741. The Morgan fingerprint density at radius 1 is 1.31 bits per heavy atom. The van der Waals surface area contributed by atoms with Gasteiger partial charge in [0, 0.05) is 5.56 Å². The number of allylic oxidation sites excluding steroid dienone is 1. The maximum Gasteiger partial charge on any atom is 0.126 e. The average molecular weight is 178 g/mol. The molecule has 1 rings (SSSR count). The van der Waals surface area contributed by atoms with E-state index in [1.165, 1.54) is 0 Å². The van der Waals surface area contributed by atoms with E-state index in [0.29, 0.717) is 5.56 Å². The first-order chi connectivity index (χ1) is 6.34. The third-order valence-corrected chi connectivity index (χ3v) is 1.93. The molecular formula is C12H15F. The van der Waals surface area contributed by atoms with Crippen LogP contribution in [0.3, 0.4) is 0 Å². The molecule has 70 valence electrons. The Labute approximate surface area is 79.1 Å². The van der Waals surface area contributed by atoms with Crippen LogP contribution < -0.4 is 0 Å². The molecule has 13 heavy (non-hydrogen) atoms. The highest BCUT2D eigenvalue weighted by atomic mass is 19.1. The van der Waals surface area contributed by atoms with Crippen LogP contribution in [0.15, 0.2) is 36.4 Å². The van der Waals surface area contributed by atoms with E-state index >= 15 is 0 Å². The van der Waals surface area contributed by atoms with Gasteiger partial charge in [0.15, 0.2) is 0 Å². The number of benzene rings is 1. The summed E-state index contributed by atoms with van der Waals surface area (Å²) in [5.74, 6) is -0.103. The topological polar surface area (TPSA) is 0 Å². The molecule has 1 heteroatoms. The van der Waals surface area contributed by atoms with Crippen molar-refractivity contribution in [1.82, 2.24) is 0 Å². The number of hydrogen-bond acceptors (Lipinski definition) is 0. The number of hydrogen-bond donors (Lipinski definition) is 0. The second-order valence-corrected chi connectivity index (χ2v) is 3.06. The fourth-order valence-electron chi connectivity index (χ4n) is 1.15. The molecule has 0 nitrogen and oxygen atoms in total. The molecule has 0 aliphatic heterocycles. The first-order valence-corrected chi connectivity index (χ1v) is 4.75. The highest BCUT2D eigenvalue weighted by molar-refractivity contribution is 5.58. The van der Waals surface area contributed by atoms with Gasteiger partial charge in [-0.05, 0) is 18.9 Å². The van der Waals surface area contributed by atoms with Crippen molar-refractivity contribution in [3.63, 3.8) is 0 Å². The predicted octanol–water partition coefficient (Wildman–Crippen LogP) is 4.19. The third-order valence-electron chi connectivity index (χ3n) is 1.93. The Kier molecular flexibility index (Phi) is 4.24. The van der Waals surface area contributed by atoms with E-state index in [-0.39, 0.29) is 5.83 Å². The normalized spacial score (nSPS) is 11.7. The van der Waals surface area contributed by atoms with E-state index in [9.17, 15) is 4.39 Å². The summed E-state index contributed by atoms with van der Waals surface area (Å²) in [5.41, 5.74) is 0.679. The Hall–Kier alpha value is -1.11. The summed E-state index contributed by atoms with van der Waals surface area (Å²) >= 11 is 0. The Bertz CT molecular complexity index is 262. The van der Waals surface area contributed by atoms with Crippen LogP contribution in [0.1, 0.15) is 31.7 Å². The van der Waals surface area contributed by atoms with Gasteiger partial charge in [0.2, 0.25) is 0 Å². The highest BCUT2D eigenvalue weighted by Crippen LogP contribution is 2.16. The van der Waals surface area contributed by atoms with Gasteiger partial charge < -0.3 is 0 Å². The van der Waals surface area contributed by atoms with Crippen molar-refractivity contribution < 1.29 is 4.39 Å². The van der Waals surface area contributed by atoms with Crippen molar-refractivity contribution in [3.05, 3.63) is 42.0 Å². The maximum atomic E-state index is 13.3. The summed E-state index contributed by atoms with van der Waals surface area (Å²) in [6.45, 7) is 2.11. The van der Waals surface area contributed by atoms with Gasteiger partial charge in [0.25, 0.3) is 0 Å². The molecule has 0 bridgehead atoms. The summed E-state index contributed by atoms with van der Waals surface area (Å²) in [6.07, 6.45) is 4.66. The second-order valence-electron chi connectivity index (χ2n) is 3.06. The monoisotopic (exact) mass is 178 g/mol. The van der Waals surface area contributed by atoms with Gasteiger partial charge in [-0.15, -0.1) is 0 Å². The maximum absolute atomic E-state index is 13.3. The van der Waals surface area contributed by atoms with E-state index in [4.69, 9.17) is 0 Å². The van der Waals surface area contributed by atoms with Crippen LogP contribution in [0.4, 0.5) is 4.39 Å². The van der Waals surface area contributed by atoms with E-state index in [0.717, 1.165) is 19.3 Å². The Morgan fingerprint density at radius 3 is 2.62 bits per heavy atom. The quantitative estimate of drug-likeness (QED) is 0.606. The van der Waals surface area contributed by atoms with Crippen molar-refractivity contribution in [3.8, 4) is 0 Å². The van der Waals surface area contributed by atoms with Gasteiger partial charge in [0.1, 0.15) is 5.83 Å². The zero-order valence-electron chi connectivity index (χ0n) is 7.96. The van der Waals surface area contributed by atoms with Gasteiger partial charge in [-0.3, -0.25) is 0 Å². The Morgan fingerprint density at radius 2 is 2.00 bits per heavy atom. The number of halogens is 1. The minimum atomic E-state index is -0.103. The average Bonchev–Trinajstić information content (AvgIpc) is 2.19. The summed E-state index contributed by atoms with van der Waals surface area (Å²) in [4.78, 5) is 0. The van der Waals surface area contributed by atoms with Crippen LogP contribution in [0.25, 0.3) is 5.83 Å². The summed E-state index contributed by atoms with van der Waals surface area (Å²) in [5, 5.41) is 0. The zero-order valence-corrected chi connectivity index (χ0v) is 7.96. The largest absolute Gasteiger partial charge is 0.207 e. The molecule has 0 amide bonds. The number of rotatable bonds is 4. The van der Waals surface area contributed by atoms with Crippen molar-refractivity contribution >= 4 is 5.83 Å². The highest BCUT2D eigenvalue weighted by Gasteiger charge is 1.96. The van der Waals surface area contributed by atoms with Crippen molar-refractivity contribution in [2.24, 2.45) is 0 Å². The molecule has 1 aromatic carbocycles. The van der Waals surface area contributed by atoms with Crippen molar-refractivity contribution in [2.75, 3.05) is 0 Å². The first-order valence-electron chi connectivity index (χ1n) is 4.75. The molecule has 0 saturated heterocycles. The van der Waals surface area contributed by atoms with Crippen LogP contribution in [0.5, 0.6) is 0 Å². The third kappa shape index (κ3) is 3.41. The molecule has 0 radical (unpaired) electrons. The minimum Gasteiger partial charge on any atom is -0.207 e. The zero-order chi connectivity index (χ0) is 9.52. The van der Waals surface area contributed by atoms with E-state index in [2.05, 4.69) is 6.92 Å². The Balaban J connectivity index is 2.57. The molecule has 0 aromatic heterocycles. The van der Waals surface area contributed by atoms with Gasteiger partial charge >= 0.3 is 0 Å². The summed E-state index contributed by atoms with van der Waals surface area (Å²) < 4.78 is 13.3. The summed E-state index contributed by atoms with van der Waals surface area (Å²) in [6, 6.07) is 9.17. The predicted molar refractivity (Wildman–Crippen MR) is 55.1 cm³/mol. The molecule has 0 atom stereocenters. The lowest BCUT2D eigenvalue weighted by Crippen LogP contribution is -1.77. The van der Waals surface area contributed by atoms with E-state index < -0.39 is 0 Å². The smallest absolute Gasteiger partial charge is 0.126 e. The van der Waals surface area contributed by atoms with Crippen molar-refractivity contribution in [1.29, 1.82) is 0 Å². The van der Waals surface area contributed by atoms with Crippen LogP contribution >= 0.6 is 0 Å². The van der Waals surface area contributed by atoms with Crippen LogP contribution in [0.2, 0.25) is 0 Å².